The molecule has 0 amide bonds. The first-order valence-corrected chi connectivity index (χ1v) is 5.35. The van der Waals surface area contributed by atoms with Crippen LogP contribution in [-0.4, -0.2) is 37.8 Å². The molecule has 0 bridgehead atoms. The van der Waals surface area contributed by atoms with Crippen molar-refractivity contribution in [3.63, 3.8) is 0 Å². The Morgan fingerprint density at radius 1 is 1.43 bits per heavy atom. The summed E-state index contributed by atoms with van der Waals surface area (Å²) in [4.78, 5) is 0. The molecule has 2 heterocycles. The van der Waals surface area contributed by atoms with E-state index in [0.717, 1.165) is 25.9 Å². The van der Waals surface area contributed by atoms with Crippen molar-refractivity contribution in [3.8, 4) is 0 Å². The monoisotopic (exact) mass is 201 g/mol. The zero-order valence-electron chi connectivity index (χ0n) is 8.70. The molecule has 0 aromatic heterocycles. The smallest absolute Gasteiger partial charge is 0.168 e. The first kappa shape index (κ1) is 10.4. The third-order valence-corrected chi connectivity index (χ3v) is 2.88. The van der Waals surface area contributed by atoms with E-state index in [1.54, 1.807) is 0 Å². The molecule has 3 atom stereocenters. The minimum absolute atomic E-state index is 0.0569. The van der Waals surface area contributed by atoms with Crippen molar-refractivity contribution in [3.05, 3.63) is 0 Å². The van der Waals surface area contributed by atoms with Crippen LogP contribution in [-0.2, 0) is 14.2 Å². The lowest BCUT2D eigenvalue weighted by Gasteiger charge is -2.25. The van der Waals surface area contributed by atoms with E-state index in [9.17, 15) is 0 Å². The normalized spacial score (nSPS) is 43.3. The Hall–Kier alpha value is -0.160. The van der Waals surface area contributed by atoms with E-state index < -0.39 is 5.79 Å². The zero-order valence-corrected chi connectivity index (χ0v) is 8.70. The molecule has 2 aliphatic rings. The molecule has 0 aromatic rings. The van der Waals surface area contributed by atoms with Crippen LogP contribution >= 0.6 is 0 Å². The van der Waals surface area contributed by atoms with Crippen LogP contribution in [0.1, 0.15) is 26.2 Å². The molecule has 4 heteroatoms. The maximum Gasteiger partial charge on any atom is 0.168 e. The Morgan fingerprint density at radius 2 is 2.29 bits per heavy atom. The van der Waals surface area contributed by atoms with Gasteiger partial charge in [0.25, 0.3) is 0 Å². The van der Waals surface area contributed by atoms with Gasteiger partial charge in [-0.3, -0.25) is 0 Å². The minimum Gasteiger partial charge on any atom is -0.378 e. The number of hydrogen-bond acceptors (Lipinski definition) is 4. The first-order valence-electron chi connectivity index (χ1n) is 5.35. The summed E-state index contributed by atoms with van der Waals surface area (Å²) in [5.41, 5.74) is 5.53. The van der Waals surface area contributed by atoms with E-state index in [-0.39, 0.29) is 6.10 Å². The van der Waals surface area contributed by atoms with Gasteiger partial charge in [-0.25, -0.2) is 0 Å². The molecule has 14 heavy (non-hydrogen) atoms. The minimum atomic E-state index is -0.473. The fourth-order valence-corrected chi connectivity index (χ4v) is 2.13. The average Bonchev–Trinajstić information content (AvgIpc) is 2.76. The molecular formula is C10H19NO3. The summed E-state index contributed by atoms with van der Waals surface area (Å²) in [6, 6.07) is 0. The van der Waals surface area contributed by atoms with Crippen LogP contribution in [0.2, 0.25) is 0 Å². The van der Waals surface area contributed by atoms with Gasteiger partial charge in [0, 0.05) is 19.6 Å². The molecular weight excluding hydrogens is 182 g/mol. The molecule has 2 N–H and O–H groups in total. The topological polar surface area (TPSA) is 53.7 Å². The highest BCUT2D eigenvalue weighted by Gasteiger charge is 2.39. The van der Waals surface area contributed by atoms with E-state index in [4.69, 9.17) is 19.9 Å². The lowest BCUT2D eigenvalue weighted by atomic mass is 10.1. The van der Waals surface area contributed by atoms with Gasteiger partial charge in [0.15, 0.2) is 5.79 Å². The summed E-state index contributed by atoms with van der Waals surface area (Å²) in [6.07, 6.45) is 3.46. The van der Waals surface area contributed by atoms with Crippen LogP contribution in [0.15, 0.2) is 0 Å². The van der Waals surface area contributed by atoms with Crippen molar-refractivity contribution < 1.29 is 14.2 Å². The predicted octanol–water partition coefficient (Wildman–Crippen LogP) is 0.646. The maximum absolute atomic E-state index is 5.73. The van der Waals surface area contributed by atoms with Gasteiger partial charge in [-0.2, -0.15) is 0 Å². The summed E-state index contributed by atoms with van der Waals surface area (Å²) in [5.74, 6) is -0.473. The molecule has 2 rings (SSSR count). The lowest BCUT2D eigenvalue weighted by Crippen LogP contribution is -2.33. The molecule has 82 valence electrons. The van der Waals surface area contributed by atoms with Gasteiger partial charge in [0.2, 0.25) is 0 Å². The van der Waals surface area contributed by atoms with Gasteiger partial charge in [-0.1, -0.05) is 0 Å². The summed E-state index contributed by atoms with van der Waals surface area (Å²) in [5, 5.41) is 0. The second-order valence-electron chi connectivity index (χ2n) is 4.26. The first-order chi connectivity index (χ1) is 6.72. The molecule has 3 unspecified atom stereocenters. The molecule has 4 nitrogen and oxygen atoms in total. The van der Waals surface area contributed by atoms with Gasteiger partial charge in [0.1, 0.15) is 0 Å². The Bertz CT molecular complexity index is 194. The van der Waals surface area contributed by atoms with Crippen molar-refractivity contribution in [1.82, 2.24) is 0 Å². The second kappa shape index (κ2) is 4.14. The summed E-state index contributed by atoms with van der Waals surface area (Å²) < 4.78 is 16.9. The third-order valence-electron chi connectivity index (χ3n) is 2.88. The van der Waals surface area contributed by atoms with Crippen molar-refractivity contribution in [1.29, 1.82) is 0 Å². The van der Waals surface area contributed by atoms with Crippen LogP contribution in [0.5, 0.6) is 0 Å². The summed E-state index contributed by atoms with van der Waals surface area (Å²) in [6.45, 7) is 3.99. The molecule has 0 radical (unpaired) electrons. The van der Waals surface area contributed by atoms with E-state index in [1.807, 2.05) is 6.92 Å². The van der Waals surface area contributed by atoms with Crippen LogP contribution in [0, 0.1) is 0 Å². The van der Waals surface area contributed by atoms with Gasteiger partial charge < -0.3 is 19.9 Å². The van der Waals surface area contributed by atoms with E-state index in [1.165, 1.54) is 0 Å². The lowest BCUT2D eigenvalue weighted by molar-refractivity contribution is -0.173. The fourth-order valence-electron chi connectivity index (χ4n) is 2.13. The summed E-state index contributed by atoms with van der Waals surface area (Å²) in [7, 11) is 0. The van der Waals surface area contributed by atoms with E-state index >= 15 is 0 Å². The Labute approximate surface area is 84.7 Å². The zero-order chi connectivity index (χ0) is 10.0. The van der Waals surface area contributed by atoms with Crippen LogP contribution in [0.4, 0.5) is 0 Å². The predicted molar refractivity (Wildman–Crippen MR) is 51.9 cm³/mol. The van der Waals surface area contributed by atoms with E-state index in [2.05, 4.69) is 0 Å². The highest BCUT2D eigenvalue weighted by atomic mass is 16.7. The standard InChI is InChI=1S/C10H19NO3/c1-10(5-8-3-2-4-12-8)13-7-9(6-11)14-10/h8-9H,2-7,11H2,1H3. The van der Waals surface area contributed by atoms with Crippen LogP contribution < -0.4 is 5.73 Å². The van der Waals surface area contributed by atoms with Gasteiger partial charge in [-0.15, -0.1) is 0 Å². The van der Waals surface area contributed by atoms with Crippen molar-refractivity contribution in [2.45, 2.75) is 44.2 Å². The number of hydrogen-bond donors (Lipinski definition) is 1. The Morgan fingerprint density at radius 3 is 2.86 bits per heavy atom. The van der Waals surface area contributed by atoms with E-state index in [0.29, 0.717) is 19.3 Å². The molecule has 2 fully saturated rings. The van der Waals surface area contributed by atoms with Crippen LogP contribution in [0.3, 0.4) is 0 Å². The molecule has 0 aliphatic carbocycles. The second-order valence-corrected chi connectivity index (χ2v) is 4.26. The molecule has 0 saturated carbocycles. The maximum atomic E-state index is 5.73. The highest BCUT2D eigenvalue weighted by Crippen LogP contribution is 2.31. The quantitative estimate of drug-likeness (QED) is 0.728. The summed E-state index contributed by atoms with van der Waals surface area (Å²) >= 11 is 0. The molecule has 2 aliphatic heterocycles. The largest absolute Gasteiger partial charge is 0.378 e. The van der Waals surface area contributed by atoms with Gasteiger partial charge in [-0.05, 0) is 19.8 Å². The van der Waals surface area contributed by atoms with Gasteiger partial charge >= 0.3 is 0 Å². The number of nitrogens with two attached hydrogens (primary N) is 1. The SMILES string of the molecule is CC1(CC2CCCO2)OCC(CN)O1. The van der Waals surface area contributed by atoms with Crippen molar-refractivity contribution >= 4 is 0 Å². The number of ether oxygens (including phenoxy) is 3. The molecule has 2 saturated heterocycles. The Kier molecular flexibility index (Phi) is 3.07. The van der Waals surface area contributed by atoms with Crippen molar-refractivity contribution in [2.24, 2.45) is 5.73 Å². The molecule has 0 aromatic carbocycles. The van der Waals surface area contributed by atoms with Crippen LogP contribution in [0.25, 0.3) is 0 Å². The fraction of sp³-hybridized carbons (Fsp3) is 1.00. The van der Waals surface area contributed by atoms with Crippen molar-refractivity contribution in [2.75, 3.05) is 19.8 Å². The third kappa shape index (κ3) is 2.25. The average molecular weight is 201 g/mol. The number of rotatable bonds is 3. The van der Waals surface area contributed by atoms with Gasteiger partial charge in [0.05, 0.1) is 18.8 Å². The molecule has 0 spiro atoms. The highest BCUT2D eigenvalue weighted by molar-refractivity contribution is 4.80. The Balaban J connectivity index is 1.83.